The molecule has 4 nitrogen and oxygen atoms in total. The first-order valence-electron chi connectivity index (χ1n) is 6.43. The van der Waals surface area contributed by atoms with E-state index < -0.39 is 0 Å². The molecule has 0 saturated heterocycles. The molecule has 1 N–H and O–H groups in total. The molecular weight excluding hydrogens is 258 g/mol. The number of thioether (sulfide) groups is 1. The fourth-order valence-corrected chi connectivity index (χ4v) is 3.65. The summed E-state index contributed by atoms with van der Waals surface area (Å²) in [5.74, 6) is 0.116. The van der Waals surface area contributed by atoms with Gasteiger partial charge in [-0.3, -0.25) is 9.79 Å². The molecule has 0 bridgehead atoms. The van der Waals surface area contributed by atoms with E-state index in [4.69, 9.17) is 0 Å². The maximum Gasteiger partial charge on any atom is 0.224 e. The Kier molecular flexibility index (Phi) is 2.41. The molecule has 0 aliphatic carbocycles. The van der Waals surface area contributed by atoms with Crippen molar-refractivity contribution in [2.75, 3.05) is 18.4 Å². The highest BCUT2D eigenvalue weighted by atomic mass is 32.2. The molecule has 0 unspecified atom stereocenters. The van der Waals surface area contributed by atoms with E-state index in [9.17, 15) is 4.79 Å². The van der Waals surface area contributed by atoms with Gasteiger partial charge in [0.2, 0.25) is 5.91 Å². The number of hydrogen-bond donors (Lipinski definition) is 1. The zero-order chi connectivity index (χ0) is 12.8. The van der Waals surface area contributed by atoms with Gasteiger partial charge in [-0.1, -0.05) is 17.8 Å². The summed E-state index contributed by atoms with van der Waals surface area (Å²) in [5, 5.41) is 6.20. The molecule has 0 fully saturated rings. The van der Waals surface area contributed by atoms with Crippen molar-refractivity contribution < 1.29 is 4.79 Å². The summed E-state index contributed by atoms with van der Waals surface area (Å²) in [4.78, 5) is 18.1. The van der Waals surface area contributed by atoms with Crippen LogP contribution in [0, 0.1) is 0 Å². The summed E-state index contributed by atoms with van der Waals surface area (Å²) in [6, 6.07) is 6.29. The number of aliphatic imine (C=N–C) groups is 1. The number of amides is 1. The van der Waals surface area contributed by atoms with Crippen LogP contribution < -0.4 is 5.32 Å². The maximum absolute atomic E-state index is 11.4. The Labute approximate surface area is 115 Å². The van der Waals surface area contributed by atoms with Crippen LogP contribution in [0.3, 0.4) is 0 Å². The van der Waals surface area contributed by atoms with Gasteiger partial charge in [0.05, 0.1) is 12.2 Å². The minimum atomic E-state index is 0.116. The van der Waals surface area contributed by atoms with E-state index in [-0.39, 0.29) is 5.91 Å². The van der Waals surface area contributed by atoms with E-state index in [0.29, 0.717) is 6.42 Å². The second-order valence-electron chi connectivity index (χ2n) is 4.86. The molecule has 3 aliphatic rings. The third-order valence-electron chi connectivity index (χ3n) is 3.66. The molecule has 4 rings (SSSR count). The molecule has 0 spiro atoms. The normalized spacial score (nSPS) is 20.6. The van der Waals surface area contributed by atoms with Crippen LogP contribution in [0.1, 0.15) is 17.5 Å². The molecule has 0 aromatic heterocycles. The summed E-state index contributed by atoms with van der Waals surface area (Å²) in [5.41, 5.74) is 4.64. The smallest absolute Gasteiger partial charge is 0.224 e. The zero-order valence-corrected chi connectivity index (χ0v) is 11.2. The monoisotopic (exact) mass is 271 g/mol. The number of amidine groups is 1. The topological polar surface area (TPSA) is 44.7 Å². The molecule has 0 saturated carbocycles. The van der Waals surface area contributed by atoms with Gasteiger partial charge in [0.15, 0.2) is 5.17 Å². The quantitative estimate of drug-likeness (QED) is 0.852. The molecule has 0 atom stereocenters. The van der Waals surface area contributed by atoms with Crippen LogP contribution >= 0.6 is 11.8 Å². The number of carbonyl (C=O) groups is 1. The first-order valence-corrected chi connectivity index (χ1v) is 7.31. The van der Waals surface area contributed by atoms with Gasteiger partial charge >= 0.3 is 0 Å². The summed E-state index contributed by atoms with van der Waals surface area (Å²) in [6.45, 7) is 1.86. The number of nitrogens with one attached hydrogen (secondary N) is 1. The van der Waals surface area contributed by atoms with Crippen molar-refractivity contribution in [1.82, 2.24) is 4.90 Å². The van der Waals surface area contributed by atoms with E-state index in [1.165, 1.54) is 16.8 Å². The lowest BCUT2D eigenvalue weighted by Gasteiger charge is -2.20. The Morgan fingerprint density at radius 2 is 2.26 bits per heavy atom. The maximum atomic E-state index is 11.4. The summed E-state index contributed by atoms with van der Waals surface area (Å²) in [6.07, 6.45) is 1.41. The van der Waals surface area contributed by atoms with Crippen LogP contribution in [0.25, 0.3) is 5.70 Å². The third-order valence-corrected chi connectivity index (χ3v) is 4.57. The van der Waals surface area contributed by atoms with Crippen LogP contribution in [0.4, 0.5) is 5.69 Å². The lowest BCUT2D eigenvalue weighted by atomic mass is 9.99. The van der Waals surface area contributed by atoms with E-state index in [1.807, 2.05) is 6.07 Å². The largest absolute Gasteiger partial charge is 0.326 e. The number of nitrogens with zero attached hydrogens (tertiary/aromatic N) is 2. The van der Waals surface area contributed by atoms with Crippen LogP contribution in [0.2, 0.25) is 0 Å². The van der Waals surface area contributed by atoms with E-state index in [1.54, 1.807) is 11.8 Å². The number of carbonyl (C=O) groups excluding carboxylic acids is 1. The van der Waals surface area contributed by atoms with Crippen LogP contribution in [0.5, 0.6) is 0 Å². The van der Waals surface area contributed by atoms with Crippen molar-refractivity contribution in [3.8, 4) is 0 Å². The van der Waals surface area contributed by atoms with Crippen molar-refractivity contribution >= 4 is 34.2 Å². The number of aryl methyl sites for hydroxylation is 1. The molecule has 96 valence electrons. The van der Waals surface area contributed by atoms with Crippen molar-refractivity contribution in [2.45, 2.75) is 12.8 Å². The van der Waals surface area contributed by atoms with Crippen molar-refractivity contribution in [3.05, 3.63) is 34.7 Å². The molecular formula is C14H13N3OS. The van der Waals surface area contributed by atoms with Gasteiger partial charge in [-0.2, -0.15) is 0 Å². The van der Waals surface area contributed by atoms with Gasteiger partial charge in [0, 0.05) is 24.1 Å². The molecule has 1 aromatic carbocycles. The molecule has 1 amide bonds. The highest BCUT2D eigenvalue weighted by Crippen LogP contribution is 2.36. The average Bonchev–Trinajstić information content (AvgIpc) is 3.00. The first-order chi connectivity index (χ1) is 9.31. The number of hydrogen-bond acceptors (Lipinski definition) is 4. The summed E-state index contributed by atoms with van der Waals surface area (Å²) < 4.78 is 0. The Morgan fingerprint density at radius 1 is 1.32 bits per heavy atom. The number of fused-ring (bicyclic) bond motifs is 2. The standard InChI is InChI=1S/C14H13N3OS/c18-13-4-2-9-7-10(1-3-11(9)16-13)12-8-19-14-15-5-6-17(12)14/h1,3,7-8H,2,4-6H2,(H,16,18). The third kappa shape index (κ3) is 1.76. The van der Waals surface area contributed by atoms with Gasteiger partial charge in [-0.05, 0) is 29.7 Å². The van der Waals surface area contributed by atoms with E-state index in [2.05, 4.69) is 32.7 Å². The number of anilines is 1. The fourth-order valence-electron chi connectivity index (χ4n) is 2.69. The van der Waals surface area contributed by atoms with Crippen molar-refractivity contribution in [1.29, 1.82) is 0 Å². The van der Waals surface area contributed by atoms with Gasteiger partial charge in [0.1, 0.15) is 0 Å². The zero-order valence-electron chi connectivity index (χ0n) is 10.3. The summed E-state index contributed by atoms with van der Waals surface area (Å²) in [7, 11) is 0. The van der Waals surface area contributed by atoms with Crippen LogP contribution in [0.15, 0.2) is 28.6 Å². The molecule has 3 heterocycles. The second kappa shape index (κ2) is 4.13. The van der Waals surface area contributed by atoms with Crippen molar-refractivity contribution in [2.24, 2.45) is 4.99 Å². The van der Waals surface area contributed by atoms with Gasteiger partial charge in [-0.15, -0.1) is 0 Å². The lowest BCUT2D eigenvalue weighted by Crippen LogP contribution is -2.21. The van der Waals surface area contributed by atoms with Gasteiger partial charge in [0.25, 0.3) is 0 Å². The van der Waals surface area contributed by atoms with Gasteiger partial charge in [-0.25, -0.2) is 0 Å². The van der Waals surface area contributed by atoms with E-state index >= 15 is 0 Å². The highest BCUT2D eigenvalue weighted by Gasteiger charge is 2.27. The predicted molar refractivity (Wildman–Crippen MR) is 78.0 cm³/mol. The fraction of sp³-hybridized carbons (Fsp3) is 0.286. The lowest BCUT2D eigenvalue weighted by molar-refractivity contribution is -0.116. The summed E-state index contributed by atoms with van der Waals surface area (Å²) >= 11 is 1.70. The van der Waals surface area contributed by atoms with Crippen LogP contribution in [-0.2, 0) is 11.2 Å². The molecule has 3 aliphatic heterocycles. The number of rotatable bonds is 1. The Bertz CT molecular complexity index is 636. The minimum absolute atomic E-state index is 0.116. The predicted octanol–water partition coefficient (Wildman–Crippen LogP) is 2.29. The first kappa shape index (κ1) is 11.1. The molecule has 19 heavy (non-hydrogen) atoms. The van der Waals surface area contributed by atoms with Crippen molar-refractivity contribution in [3.63, 3.8) is 0 Å². The second-order valence-corrected chi connectivity index (χ2v) is 5.69. The minimum Gasteiger partial charge on any atom is -0.326 e. The molecule has 1 aromatic rings. The Balaban J connectivity index is 1.70. The SMILES string of the molecule is O=C1CCc2cc(C3=CSC4=NCCN34)ccc2N1. The highest BCUT2D eigenvalue weighted by molar-refractivity contribution is 8.16. The molecule has 5 heteroatoms. The van der Waals surface area contributed by atoms with Crippen LogP contribution in [-0.4, -0.2) is 29.1 Å². The average molecular weight is 271 g/mol. The molecule has 0 radical (unpaired) electrons. The van der Waals surface area contributed by atoms with Gasteiger partial charge < -0.3 is 10.2 Å². The Hall–Kier alpha value is -1.75. The number of benzene rings is 1. The van der Waals surface area contributed by atoms with E-state index in [0.717, 1.165) is 30.4 Å². The Morgan fingerprint density at radius 3 is 3.21 bits per heavy atom.